The van der Waals surface area contributed by atoms with Crippen molar-refractivity contribution in [1.82, 2.24) is 4.98 Å². The fourth-order valence-electron chi connectivity index (χ4n) is 1.10. The standard InChI is InChI=1S/C7H7BrF2N2O2S/c1-3-4(8)2-12-5(7(9)10)6(3)15(11,13)14/h2,7H,1H3,(H2,11,13,14). The topological polar surface area (TPSA) is 73.0 Å². The number of hydrogen-bond donors (Lipinski definition) is 1. The summed E-state index contributed by atoms with van der Waals surface area (Å²) in [6.07, 6.45) is -1.86. The molecule has 1 aromatic rings. The summed E-state index contributed by atoms with van der Waals surface area (Å²) in [6.45, 7) is 1.37. The predicted molar refractivity (Wildman–Crippen MR) is 53.0 cm³/mol. The van der Waals surface area contributed by atoms with Crippen molar-refractivity contribution in [2.45, 2.75) is 18.2 Å². The van der Waals surface area contributed by atoms with Gasteiger partial charge in [-0.15, -0.1) is 0 Å². The molecule has 2 N–H and O–H groups in total. The number of nitrogens with zero attached hydrogens (tertiary/aromatic N) is 1. The van der Waals surface area contributed by atoms with E-state index in [1.54, 1.807) is 0 Å². The average molecular weight is 301 g/mol. The van der Waals surface area contributed by atoms with Crippen LogP contribution in [0.3, 0.4) is 0 Å². The van der Waals surface area contributed by atoms with Crippen LogP contribution in [0.15, 0.2) is 15.6 Å². The van der Waals surface area contributed by atoms with Crippen molar-refractivity contribution < 1.29 is 17.2 Å². The number of nitrogens with two attached hydrogens (primary N) is 1. The van der Waals surface area contributed by atoms with Gasteiger partial charge in [-0.1, -0.05) is 0 Å². The van der Waals surface area contributed by atoms with Gasteiger partial charge >= 0.3 is 0 Å². The van der Waals surface area contributed by atoms with Crippen LogP contribution in [0.1, 0.15) is 17.7 Å². The van der Waals surface area contributed by atoms with Crippen LogP contribution < -0.4 is 5.14 Å². The van der Waals surface area contributed by atoms with E-state index in [0.29, 0.717) is 4.47 Å². The molecule has 4 nitrogen and oxygen atoms in total. The van der Waals surface area contributed by atoms with E-state index in [0.717, 1.165) is 6.20 Å². The van der Waals surface area contributed by atoms with Crippen molar-refractivity contribution in [3.8, 4) is 0 Å². The third-order valence-corrected chi connectivity index (χ3v) is 3.62. The van der Waals surface area contributed by atoms with Gasteiger partial charge < -0.3 is 0 Å². The second kappa shape index (κ2) is 4.11. The van der Waals surface area contributed by atoms with Crippen molar-refractivity contribution in [1.29, 1.82) is 0 Å². The minimum atomic E-state index is -4.20. The van der Waals surface area contributed by atoms with Crippen molar-refractivity contribution in [2.75, 3.05) is 0 Å². The molecule has 1 aromatic heterocycles. The molecular formula is C7H7BrF2N2O2S. The van der Waals surface area contributed by atoms with E-state index in [-0.39, 0.29) is 5.56 Å². The Kier molecular flexibility index (Phi) is 3.41. The normalized spacial score (nSPS) is 12.1. The molecule has 0 bridgehead atoms. The molecule has 0 radical (unpaired) electrons. The van der Waals surface area contributed by atoms with Crippen LogP contribution in [-0.4, -0.2) is 13.4 Å². The number of pyridine rings is 1. The smallest absolute Gasteiger partial charge is 0.253 e. The lowest BCUT2D eigenvalue weighted by Gasteiger charge is -2.10. The number of primary sulfonamides is 1. The second-order valence-corrected chi connectivity index (χ2v) is 5.14. The first-order chi connectivity index (χ1) is 6.75. The summed E-state index contributed by atoms with van der Waals surface area (Å²) in [4.78, 5) is 2.73. The molecular weight excluding hydrogens is 294 g/mol. The van der Waals surface area contributed by atoms with E-state index in [2.05, 4.69) is 20.9 Å². The Morgan fingerprint density at radius 3 is 2.47 bits per heavy atom. The Bertz CT molecular complexity index is 490. The Balaban J connectivity index is 3.65. The van der Waals surface area contributed by atoms with Crippen molar-refractivity contribution in [2.24, 2.45) is 5.14 Å². The summed E-state index contributed by atoms with van der Waals surface area (Å²) in [6, 6.07) is 0. The molecule has 1 rings (SSSR count). The van der Waals surface area contributed by atoms with Crippen LogP contribution in [0.25, 0.3) is 0 Å². The van der Waals surface area contributed by atoms with Gasteiger partial charge in [0, 0.05) is 10.7 Å². The van der Waals surface area contributed by atoms with Gasteiger partial charge in [0.15, 0.2) is 0 Å². The lowest BCUT2D eigenvalue weighted by molar-refractivity contribution is 0.142. The van der Waals surface area contributed by atoms with Crippen LogP contribution >= 0.6 is 15.9 Å². The lowest BCUT2D eigenvalue weighted by Crippen LogP contribution is -2.17. The Labute approximate surface area is 93.7 Å². The van der Waals surface area contributed by atoms with E-state index < -0.39 is 27.0 Å². The Morgan fingerprint density at radius 1 is 1.53 bits per heavy atom. The van der Waals surface area contributed by atoms with Gasteiger partial charge in [0.25, 0.3) is 6.43 Å². The number of rotatable bonds is 2. The van der Waals surface area contributed by atoms with Gasteiger partial charge in [-0.2, -0.15) is 0 Å². The first-order valence-corrected chi connectivity index (χ1v) is 6.05. The van der Waals surface area contributed by atoms with E-state index >= 15 is 0 Å². The highest BCUT2D eigenvalue weighted by molar-refractivity contribution is 9.10. The molecule has 0 spiro atoms. The van der Waals surface area contributed by atoms with Crippen molar-refractivity contribution >= 4 is 26.0 Å². The molecule has 8 heteroatoms. The number of sulfonamides is 1. The maximum atomic E-state index is 12.5. The lowest BCUT2D eigenvalue weighted by atomic mass is 10.2. The minimum Gasteiger partial charge on any atom is -0.253 e. The van der Waals surface area contributed by atoms with Crippen LogP contribution in [-0.2, 0) is 10.0 Å². The molecule has 0 aliphatic rings. The molecule has 0 saturated heterocycles. The number of halogens is 3. The van der Waals surface area contributed by atoms with Gasteiger partial charge in [-0.3, -0.25) is 4.98 Å². The summed E-state index contributed by atoms with van der Waals surface area (Å²) in [5.41, 5.74) is -0.694. The molecule has 0 aliphatic heterocycles. The first-order valence-electron chi connectivity index (χ1n) is 3.71. The fraction of sp³-hybridized carbons (Fsp3) is 0.286. The number of aromatic nitrogens is 1. The van der Waals surface area contributed by atoms with Gasteiger partial charge in [-0.25, -0.2) is 22.3 Å². The van der Waals surface area contributed by atoms with Gasteiger partial charge in [-0.05, 0) is 28.4 Å². The minimum absolute atomic E-state index is 0.128. The van der Waals surface area contributed by atoms with E-state index in [1.165, 1.54) is 6.92 Å². The highest BCUT2D eigenvalue weighted by Crippen LogP contribution is 2.30. The molecule has 0 aliphatic carbocycles. The third-order valence-electron chi connectivity index (χ3n) is 1.74. The van der Waals surface area contributed by atoms with Gasteiger partial charge in [0.05, 0.1) is 0 Å². The maximum Gasteiger partial charge on any atom is 0.281 e. The summed E-state index contributed by atoms with van der Waals surface area (Å²) in [5.74, 6) is 0. The highest BCUT2D eigenvalue weighted by atomic mass is 79.9. The molecule has 1 heterocycles. The summed E-state index contributed by atoms with van der Waals surface area (Å²) < 4.78 is 47.5. The quantitative estimate of drug-likeness (QED) is 0.904. The van der Waals surface area contributed by atoms with E-state index in [1.807, 2.05) is 0 Å². The zero-order valence-corrected chi connectivity index (χ0v) is 9.94. The van der Waals surface area contributed by atoms with Crippen LogP contribution in [0.2, 0.25) is 0 Å². The molecule has 0 unspecified atom stereocenters. The summed E-state index contributed by atoms with van der Waals surface area (Å²) in [7, 11) is -4.20. The summed E-state index contributed by atoms with van der Waals surface area (Å²) in [5, 5.41) is 4.84. The van der Waals surface area contributed by atoms with E-state index in [9.17, 15) is 17.2 Å². The van der Waals surface area contributed by atoms with Crippen LogP contribution in [0.5, 0.6) is 0 Å². The number of alkyl halides is 2. The third kappa shape index (κ3) is 2.50. The molecule has 15 heavy (non-hydrogen) atoms. The van der Waals surface area contributed by atoms with Crippen molar-refractivity contribution in [3.63, 3.8) is 0 Å². The zero-order chi connectivity index (χ0) is 11.8. The highest BCUT2D eigenvalue weighted by Gasteiger charge is 2.25. The first kappa shape index (κ1) is 12.5. The van der Waals surface area contributed by atoms with Gasteiger partial charge in [0.2, 0.25) is 10.0 Å². The molecule has 0 amide bonds. The maximum absolute atomic E-state index is 12.5. The molecule has 0 fully saturated rings. The number of hydrogen-bond acceptors (Lipinski definition) is 3. The zero-order valence-electron chi connectivity index (χ0n) is 7.54. The largest absolute Gasteiger partial charge is 0.281 e. The van der Waals surface area contributed by atoms with Crippen LogP contribution in [0, 0.1) is 6.92 Å². The van der Waals surface area contributed by atoms with E-state index in [4.69, 9.17) is 5.14 Å². The Hall–Kier alpha value is -0.600. The van der Waals surface area contributed by atoms with Crippen molar-refractivity contribution in [3.05, 3.63) is 21.9 Å². The summed E-state index contributed by atoms with van der Waals surface area (Å²) >= 11 is 2.99. The SMILES string of the molecule is Cc1c(Br)cnc(C(F)F)c1S(N)(=O)=O. The molecule has 84 valence electrons. The average Bonchev–Trinajstić information content (AvgIpc) is 2.06. The van der Waals surface area contributed by atoms with Gasteiger partial charge in [0.1, 0.15) is 10.6 Å². The predicted octanol–water partition coefficient (Wildman–Crippen LogP) is 1.74. The molecule has 0 atom stereocenters. The molecule has 0 aromatic carbocycles. The van der Waals surface area contributed by atoms with Crippen LogP contribution in [0.4, 0.5) is 8.78 Å². The molecule has 0 saturated carbocycles. The monoisotopic (exact) mass is 300 g/mol. The Morgan fingerprint density at radius 2 is 2.07 bits per heavy atom. The fourth-order valence-corrected chi connectivity index (χ4v) is 2.50. The second-order valence-electron chi connectivity index (χ2n) is 2.79.